The number of hydrogen-bond donors (Lipinski definition) is 4. The summed E-state index contributed by atoms with van der Waals surface area (Å²) in [6.07, 6.45) is 0.946. The number of nitrogens with one attached hydrogen (secondary N) is 2. The van der Waals surface area contributed by atoms with Gasteiger partial charge in [0.05, 0.1) is 12.6 Å². The van der Waals surface area contributed by atoms with Crippen molar-refractivity contribution in [2.24, 2.45) is 0 Å². The maximum atomic E-state index is 12.1. The highest BCUT2D eigenvalue weighted by atomic mass is 16.7. The van der Waals surface area contributed by atoms with E-state index in [4.69, 9.17) is 9.94 Å². The number of carbonyl (C=O) groups excluding carboxylic acids is 2. The summed E-state index contributed by atoms with van der Waals surface area (Å²) < 4.78 is 0. The van der Waals surface area contributed by atoms with Gasteiger partial charge in [-0.15, -0.1) is 0 Å². The molecule has 0 aliphatic carbocycles. The van der Waals surface area contributed by atoms with E-state index in [1.165, 1.54) is 4.90 Å². The van der Waals surface area contributed by atoms with Gasteiger partial charge in [-0.2, -0.15) is 0 Å². The number of hydrogen-bond acceptors (Lipinski definition) is 5. The standard InChI is InChI=1S/C13H22N4O6/c1-2-8(14-12(19)20)5-6-23-15-11(18)10-4-3-9-7-16(10)13(21)17(9)22/h8-10,14,22H,2-7H2,1H3,(H,15,18)(H,19,20)/t8?,9-,10+/m1/s1. The number of amides is 4. The Morgan fingerprint density at radius 3 is 2.83 bits per heavy atom. The van der Waals surface area contributed by atoms with Crippen molar-refractivity contribution in [2.45, 2.75) is 50.7 Å². The maximum Gasteiger partial charge on any atom is 0.404 e. The lowest BCUT2D eigenvalue weighted by Crippen LogP contribution is -2.49. The Morgan fingerprint density at radius 2 is 2.17 bits per heavy atom. The molecule has 3 atom stereocenters. The van der Waals surface area contributed by atoms with Crippen LogP contribution in [0.5, 0.6) is 0 Å². The molecular formula is C13H22N4O6. The van der Waals surface area contributed by atoms with E-state index >= 15 is 0 Å². The van der Waals surface area contributed by atoms with Gasteiger partial charge in [0.15, 0.2) is 0 Å². The van der Waals surface area contributed by atoms with E-state index in [1.54, 1.807) is 0 Å². The van der Waals surface area contributed by atoms with Crippen LogP contribution < -0.4 is 10.8 Å². The number of rotatable bonds is 7. The maximum absolute atomic E-state index is 12.1. The number of fused-ring (bicyclic) bond motifs is 2. The Kier molecular flexibility index (Phi) is 5.61. The second kappa shape index (κ2) is 7.47. The fourth-order valence-electron chi connectivity index (χ4n) is 2.87. The minimum Gasteiger partial charge on any atom is -0.465 e. The van der Waals surface area contributed by atoms with Gasteiger partial charge in [0.25, 0.3) is 5.91 Å². The van der Waals surface area contributed by atoms with E-state index < -0.39 is 24.1 Å². The molecule has 2 fully saturated rings. The Hall–Kier alpha value is -2.07. The molecule has 2 saturated heterocycles. The molecule has 0 aromatic carbocycles. The minimum absolute atomic E-state index is 0.153. The molecule has 0 spiro atoms. The predicted octanol–water partition coefficient (Wildman–Crippen LogP) is 0.128. The van der Waals surface area contributed by atoms with Crippen molar-refractivity contribution in [1.82, 2.24) is 20.8 Å². The molecule has 0 aromatic heterocycles. The van der Waals surface area contributed by atoms with Crippen LogP contribution in [0.15, 0.2) is 0 Å². The first kappa shape index (κ1) is 17.3. The molecule has 2 bridgehead atoms. The van der Waals surface area contributed by atoms with Crippen molar-refractivity contribution in [2.75, 3.05) is 13.2 Å². The van der Waals surface area contributed by atoms with E-state index in [0.717, 1.165) is 0 Å². The summed E-state index contributed by atoms with van der Waals surface area (Å²) in [5, 5.41) is 21.2. The van der Waals surface area contributed by atoms with Gasteiger partial charge in [0.1, 0.15) is 6.04 Å². The molecule has 10 heteroatoms. The Balaban J connectivity index is 1.73. The normalized spacial score (nSPS) is 24.5. The van der Waals surface area contributed by atoms with Crippen LogP contribution >= 0.6 is 0 Å². The quantitative estimate of drug-likeness (QED) is 0.298. The van der Waals surface area contributed by atoms with Gasteiger partial charge >= 0.3 is 12.1 Å². The summed E-state index contributed by atoms with van der Waals surface area (Å²) in [7, 11) is 0. The van der Waals surface area contributed by atoms with Gasteiger partial charge in [0.2, 0.25) is 0 Å². The second-order valence-corrected chi connectivity index (χ2v) is 5.68. The molecule has 4 N–H and O–H groups in total. The summed E-state index contributed by atoms with van der Waals surface area (Å²) in [5.74, 6) is -0.439. The first-order valence-electron chi connectivity index (χ1n) is 7.63. The van der Waals surface area contributed by atoms with Crippen LogP contribution in [0.3, 0.4) is 0 Å². The van der Waals surface area contributed by atoms with Gasteiger partial charge < -0.3 is 15.3 Å². The molecule has 0 saturated carbocycles. The van der Waals surface area contributed by atoms with Gasteiger partial charge in [-0.25, -0.2) is 20.1 Å². The van der Waals surface area contributed by atoms with E-state index in [1.807, 2.05) is 6.92 Å². The van der Waals surface area contributed by atoms with E-state index in [-0.39, 0.29) is 18.7 Å². The second-order valence-electron chi connectivity index (χ2n) is 5.68. The van der Waals surface area contributed by atoms with Crippen molar-refractivity contribution in [3.63, 3.8) is 0 Å². The summed E-state index contributed by atoms with van der Waals surface area (Å²) in [4.78, 5) is 40.8. The van der Waals surface area contributed by atoms with Gasteiger partial charge in [-0.3, -0.25) is 14.8 Å². The predicted molar refractivity (Wildman–Crippen MR) is 76.5 cm³/mol. The van der Waals surface area contributed by atoms with Crippen LogP contribution in [0.2, 0.25) is 0 Å². The van der Waals surface area contributed by atoms with Crippen molar-refractivity contribution < 1.29 is 29.5 Å². The lowest BCUT2D eigenvalue weighted by molar-refractivity contribution is -0.139. The van der Waals surface area contributed by atoms with E-state index in [2.05, 4.69) is 10.8 Å². The molecular weight excluding hydrogens is 308 g/mol. The molecule has 2 heterocycles. The zero-order valence-electron chi connectivity index (χ0n) is 12.9. The third-order valence-electron chi connectivity index (χ3n) is 4.21. The van der Waals surface area contributed by atoms with Gasteiger partial charge in [-0.1, -0.05) is 6.92 Å². The molecule has 130 valence electrons. The lowest BCUT2D eigenvalue weighted by atomic mass is 10.0. The van der Waals surface area contributed by atoms with E-state index in [0.29, 0.717) is 37.3 Å². The third-order valence-corrected chi connectivity index (χ3v) is 4.21. The van der Waals surface area contributed by atoms with Crippen LogP contribution in [0, 0.1) is 0 Å². The summed E-state index contributed by atoms with van der Waals surface area (Å²) in [6.45, 7) is 2.32. The minimum atomic E-state index is -1.10. The number of hydroxylamine groups is 3. The summed E-state index contributed by atoms with van der Waals surface area (Å²) >= 11 is 0. The number of carboxylic acid groups (broad SMARTS) is 1. The van der Waals surface area contributed by atoms with Crippen molar-refractivity contribution in [3.05, 3.63) is 0 Å². The average molecular weight is 330 g/mol. The Labute approximate surface area is 133 Å². The van der Waals surface area contributed by atoms with Crippen LogP contribution in [-0.2, 0) is 9.63 Å². The topological polar surface area (TPSA) is 131 Å². The third kappa shape index (κ3) is 4.02. The molecule has 2 rings (SSSR count). The molecule has 23 heavy (non-hydrogen) atoms. The Bertz CT molecular complexity index is 473. The largest absolute Gasteiger partial charge is 0.465 e. The zero-order chi connectivity index (χ0) is 17.0. The number of urea groups is 1. The van der Waals surface area contributed by atoms with Crippen molar-refractivity contribution in [3.8, 4) is 0 Å². The van der Waals surface area contributed by atoms with Crippen LogP contribution in [0.1, 0.15) is 32.6 Å². The summed E-state index contributed by atoms with van der Waals surface area (Å²) in [6, 6.07) is -1.72. The molecule has 0 radical (unpaired) electrons. The van der Waals surface area contributed by atoms with Crippen LogP contribution in [0.4, 0.5) is 9.59 Å². The fraction of sp³-hybridized carbons (Fsp3) is 0.769. The summed E-state index contributed by atoms with van der Waals surface area (Å²) in [5.41, 5.74) is 2.30. The highest BCUT2D eigenvalue weighted by Gasteiger charge is 2.46. The first-order valence-corrected chi connectivity index (χ1v) is 7.63. The van der Waals surface area contributed by atoms with Crippen LogP contribution in [0.25, 0.3) is 0 Å². The molecule has 1 unspecified atom stereocenters. The molecule has 4 amide bonds. The molecule has 10 nitrogen and oxygen atoms in total. The lowest BCUT2D eigenvalue weighted by Gasteiger charge is -2.28. The van der Waals surface area contributed by atoms with Gasteiger partial charge in [-0.05, 0) is 25.7 Å². The van der Waals surface area contributed by atoms with Crippen molar-refractivity contribution in [1.29, 1.82) is 0 Å². The zero-order valence-corrected chi connectivity index (χ0v) is 12.9. The van der Waals surface area contributed by atoms with Crippen LogP contribution in [-0.4, -0.2) is 69.6 Å². The SMILES string of the molecule is CCC(CCONC(=O)[C@@H]1CC[C@@H]2CN1C(=O)N2O)NC(=O)O. The monoisotopic (exact) mass is 330 g/mol. The fourth-order valence-corrected chi connectivity index (χ4v) is 2.87. The van der Waals surface area contributed by atoms with Crippen molar-refractivity contribution >= 4 is 18.0 Å². The number of piperidine rings is 1. The highest BCUT2D eigenvalue weighted by molar-refractivity contribution is 5.87. The smallest absolute Gasteiger partial charge is 0.404 e. The number of nitrogens with zero attached hydrogens (tertiary/aromatic N) is 2. The average Bonchev–Trinajstić information content (AvgIpc) is 2.74. The highest BCUT2D eigenvalue weighted by Crippen LogP contribution is 2.28. The van der Waals surface area contributed by atoms with E-state index in [9.17, 15) is 19.6 Å². The first-order chi connectivity index (χ1) is 10.9. The molecule has 2 aliphatic heterocycles. The molecule has 2 aliphatic rings. The Morgan fingerprint density at radius 1 is 1.43 bits per heavy atom. The number of carbonyl (C=O) groups is 3. The van der Waals surface area contributed by atoms with Gasteiger partial charge in [0, 0.05) is 12.6 Å². The molecule has 0 aromatic rings.